The molecule has 0 aliphatic heterocycles. The molecule has 2 heterocycles. The SMILES string of the molecule is CCNC(=NCc1cc(Cl)c(Cl)n1C)NCCc1nc2ccccc2[nH]1.I. The third kappa shape index (κ3) is 5.52. The van der Waals surface area contributed by atoms with E-state index in [1.807, 2.05) is 48.9 Å². The lowest BCUT2D eigenvalue weighted by Crippen LogP contribution is -2.38. The van der Waals surface area contributed by atoms with E-state index in [0.717, 1.165) is 48.0 Å². The number of aliphatic imine (C=N–C) groups is 1. The Bertz CT molecular complexity index is 885. The number of hydrogen-bond acceptors (Lipinski definition) is 2. The number of benzene rings is 1. The molecule has 2 aromatic heterocycles. The molecule has 0 aliphatic carbocycles. The minimum absolute atomic E-state index is 0. The smallest absolute Gasteiger partial charge is 0.191 e. The van der Waals surface area contributed by atoms with Crippen LogP contribution in [0, 0.1) is 0 Å². The Morgan fingerprint density at radius 3 is 2.70 bits per heavy atom. The average molecular weight is 521 g/mol. The van der Waals surface area contributed by atoms with Crippen molar-refractivity contribution in [2.75, 3.05) is 13.1 Å². The molecule has 0 aliphatic rings. The molecule has 0 saturated heterocycles. The number of nitrogens with zero attached hydrogens (tertiary/aromatic N) is 3. The number of guanidine groups is 1. The number of aromatic amines is 1. The zero-order valence-electron chi connectivity index (χ0n) is 15.2. The molecule has 0 unspecified atom stereocenters. The highest BCUT2D eigenvalue weighted by Crippen LogP contribution is 2.25. The van der Waals surface area contributed by atoms with Crippen molar-refractivity contribution in [3.05, 3.63) is 52.0 Å². The minimum Gasteiger partial charge on any atom is -0.357 e. The molecule has 3 rings (SSSR count). The van der Waals surface area contributed by atoms with Gasteiger partial charge in [0.2, 0.25) is 0 Å². The van der Waals surface area contributed by atoms with Crippen LogP contribution in [-0.4, -0.2) is 33.6 Å². The van der Waals surface area contributed by atoms with E-state index in [0.29, 0.717) is 16.7 Å². The quantitative estimate of drug-likeness (QED) is 0.260. The number of hydrogen-bond donors (Lipinski definition) is 3. The van der Waals surface area contributed by atoms with Crippen LogP contribution in [0.4, 0.5) is 0 Å². The number of para-hydroxylation sites is 2. The molecule has 3 aromatic rings. The minimum atomic E-state index is 0. The fraction of sp³-hybridized carbons (Fsp3) is 0.333. The summed E-state index contributed by atoms with van der Waals surface area (Å²) in [7, 11) is 1.88. The second-order valence-corrected chi connectivity index (χ2v) is 6.67. The molecular formula is C18H23Cl2IN6. The zero-order chi connectivity index (χ0) is 18.5. The predicted octanol–water partition coefficient (Wildman–Crippen LogP) is 4.12. The predicted molar refractivity (Wildman–Crippen MR) is 123 cm³/mol. The molecule has 3 N–H and O–H groups in total. The molecule has 0 radical (unpaired) electrons. The maximum Gasteiger partial charge on any atom is 0.191 e. The molecule has 146 valence electrons. The standard InChI is InChI=1S/C18H22Cl2N6.HI/c1-3-21-18(23-11-12-10-13(19)17(20)26(12)2)22-9-8-16-24-14-6-4-5-7-15(14)25-16;/h4-7,10H,3,8-9,11H2,1-2H3,(H,24,25)(H2,21,22,23);1H. The first-order valence-corrected chi connectivity index (χ1v) is 9.29. The van der Waals surface area contributed by atoms with Crippen molar-refractivity contribution in [2.24, 2.45) is 12.0 Å². The van der Waals surface area contributed by atoms with Gasteiger partial charge < -0.3 is 20.2 Å². The average Bonchev–Trinajstić information content (AvgIpc) is 3.15. The normalized spacial score (nSPS) is 11.5. The van der Waals surface area contributed by atoms with Crippen molar-refractivity contribution in [1.82, 2.24) is 25.2 Å². The summed E-state index contributed by atoms with van der Waals surface area (Å²) in [5.41, 5.74) is 3.00. The van der Waals surface area contributed by atoms with Crippen LogP contribution in [0.5, 0.6) is 0 Å². The van der Waals surface area contributed by atoms with Crippen LogP contribution in [0.2, 0.25) is 10.2 Å². The highest BCUT2D eigenvalue weighted by molar-refractivity contribution is 14.0. The van der Waals surface area contributed by atoms with Crippen molar-refractivity contribution in [2.45, 2.75) is 19.9 Å². The van der Waals surface area contributed by atoms with Crippen LogP contribution in [0.15, 0.2) is 35.3 Å². The van der Waals surface area contributed by atoms with Crippen molar-refractivity contribution in [1.29, 1.82) is 0 Å². The lowest BCUT2D eigenvalue weighted by atomic mass is 10.3. The number of H-pyrrole nitrogens is 1. The number of aromatic nitrogens is 3. The Balaban J connectivity index is 0.00000261. The number of fused-ring (bicyclic) bond motifs is 1. The van der Waals surface area contributed by atoms with E-state index in [9.17, 15) is 0 Å². The van der Waals surface area contributed by atoms with Gasteiger partial charge in [0.05, 0.1) is 22.6 Å². The molecule has 27 heavy (non-hydrogen) atoms. The van der Waals surface area contributed by atoms with Gasteiger partial charge in [-0.05, 0) is 25.1 Å². The summed E-state index contributed by atoms with van der Waals surface area (Å²) in [6.07, 6.45) is 0.779. The van der Waals surface area contributed by atoms with Gasteiger partial charge in [0.15, 0.2) is 5.96 Å². The maximum absolute atomic E-state index is 6.10. The van der Waals surface area contributed by atoms with Crippen molar-refractivity contribution in [3.63, 3.8) is 0 Å². The first kappa shape index (κ1) is 21.8. The molecule has 0 bridgehead atoms. The first-order valence-electron chi connectivity index (χ1n) is 8.54. The summed E-state index contributed by atoms with van der Waals surface area (Å²) in [5, 5.41) is 7.64. The van der Waals surface area contributed by atoms with Crippen LogP contribution in [0.25, 0.3) is 11.0 Å². The van der Waals surface area contributed by atoms with Crippen molar-refractivity contribution >= 4 is 64.2 Å². The summed E-state index contributed by atoms with van der Waals surface area (Å²) >= 11 is 12.2. The van der Waals surface area contributed by atoms with Gasteiger partial charge in [-0.15, -0.1) is 24.0 Å². The summed E-state index contributed by atoms with van der Waals surface area (Å²) in [4.78, 5) is 12.5. The fourth-order valence-corrected chi connectivity index (χ4v) is 3.08. The lowest BCUT2D eigenvalue weighted by Gasteiger charge is -2.11. The van der Waals surface area contributed by atoms with E-state index in [-0.39, 0.29) is 24.0 Å². The van der Waals surface area contributed by atoms with Gasteiger partial charge in [0, 0.05) is 32.3 Å². The van der Waals surface area contributed by atoms with Crippen molar-refractivity contribution in [3.8, 4) is 0 Å². The van der Waals surface area contributed by atoms with Gasteiger partial charge in [-0.1, -0.05) is 35.3 Å². The van der Waals surface area contributed by atoms with E-state index in [1.54, 1.807) is 0 Å². The van der Waals surface area contributed by atoms with Crippen molar-refractivity contribution < 1.29 is 0 Å². The highest BCUT2D eigenvalue weighted by atomic mass is 127. The third-order valence-corrected chi connectivity index (χ3v) is 4.89. The Labute approximate surface area is 185 Å². The van der Waals surface area contributed by atoms with Crippen LogP contribution >= 0.6 is 47.2 Å². The second kappa shape index (κ2) is 10.2. The largest absolute Gasteiger partial charge is 0.357 e. The number of nitrogens with one attached hydrogen (secondary N) is 3. The van der Waals surface area contributed by atoms with E-state index in [2.05, 4.69) is 25.6 Å². The lowest BCUT2D eigenvalue weighted by molar-refractivity contribution is 0.768. The van der Waals surface area contributed by atoms with E-state index < -0.39 is 0 Å². The third-order valence-electron chi connectivity index (χ3n) is 4.05. The Morgan fingerprint density at radius 1 is 1.26 bits per heavy atom. The number of rotatable bonds is 6. The fourth-order valence-electron chi connectivity index (χ4n) is 2.67. The van der Waals surface area contributed by atoms with E-state index in [1.165, 1.54) is 0 Å². The summed E-state index contributed by atoms with van der Waals surface area (Å²) in [6, 6.07) is 9.86. The Morgan fingerprint density at radius 2 is 2.04 bits per heavy atom. The molecule has 0 fully saturated rings. The van der Waals surface area contributed by atoms with Gasteiger partial charge >= 0.3 is 0 Å². The highest BCUT2D eigenvalue weighted by Gasteiger charge is 2.09. The van der Waals surface area contributed by atoms with Gasteiger partial charge in [-0.2, -0.15) is 0 Å². The zero-order valence-corrected chi connectivity index (χ0v) is 19.1. The molecule has 0 atom stereocenters. The summed E-state index contributed by atoms with van der Waals surface area (Å²) in [6.45, 7) is 4.03. The molecule has 9 heteroatoms. The second-order valence-electron chi connectivity index (χ2n) is 5.91. The maximum atomic E-state index is 6.10. The summed E-state index contributed by atoms with van der Waals surface area (Å²) < 4.78 is 1.84. The molecule has 0 amide bonds. The summed E-state index contributed by atoms with van der Waals surface area (Å²) in [5.74, 6) is 1.70. The van der Waals surface area contributed by atoms with E-state index in [4.69, 9.17) is 23.2 Å². The molecule has 0 spiro atoms. The van der Waals surface area contributed by atoms with Gasteiger partial charge in [0.1, 0.15) is 11.0 Å². The number of halogens is 3. The van der Waals surface area contributed by atoms with Crippen LogP contribution in [0.3, 0.4) is 0 Å². The molecule has 0 saturated carbocycles. The number of imidazole rings is 1. The Kier molecular flexibility index (Phi) is 8.25. The molecule has 6 nitrogen and oxygen atoms in total. The van der Waals surface area contributed by atoms with Gasteiger partial charge in [-0.3, -0.25) is 0 Å². The van der Waals surface area contributed by atoms with Gasteiger partial charge in [-0.25, -0.2) is 9.98 Å². The van der Waals surface area contributed by atoms with Crippen LogP contribution < -0.4 is 10.6 Å². The van der Waals surface area contributed by atoms with E-state index >= 15 is 0 Å². The van der Waals surface area contributed by atoms with Crippen LogP contribution in [-0.2, 0) is 20.0 Å². The van der Waals surface area contributed by atoms with Gasteiger partial charge in [0.25, 0.3) is 0 Å². The topological polar surface area (TPSA) is 70.0 Å². The van der Waals surface area contributed by atoms with Crippen LogP contribution in [0.1, 0.15) is 18.4 Å². The first-order chi connectivity index (χ1) is 12.6. The molecular weight excluding hydrogens is 498 g/mol. The molecule has 1 aromatic carbocycles. The Hall–Kier alpha value is -1.45. The monoisotopic (exact) mass is 520 g/mol.